The van der Waals surface area contributed by atoms with Crippen LogP contribution in [0.3, 0.4) is 0 Å². The number of benzene rings is 1. The van der Waals surface area contributed by atoms with E-state index >= 15 is 0 Å². The Labute approximate surface area is 161 Å². The minimum atomic E-state index is -0.527. The lowest BCUT2D eigenvalue weighted by molar-refractivity contribution is 0.0600. The fourth-order valence-corrected chi connectivity index (χ4v) is 3.30. The third kappa shape index (κ3) is 3.13. The second kappa shape index (κ2) is 7.22. The molecule has 8 nitrogen and oxygen atoms in total. The first kappa shape index (κ1) is 17.8. The summed E-state index contributed by atoms with van der Waals surface area (Å²) in [6.45, 7) is 2.96. The molecule has 0 bridgehead atoms. The van der Waals surface area contributed by atoms with Crippen LogP contribution in [0.25, 0.3) is 11.4 Å². The Bertz CT molecular complexity index is 1030. The monoisotopic (exact) mass is 377 g/mol. The average molecular weight is 377 g/mol. The molecule has 2 aromatic heterocycles. The van der Waals surface area contributed by atoms with Gasteiger partial charge in [0.1, 0.15) is 5.82 Å². The van der Waals surface area contributed by atoms with Crippen LogP contribution in [-0.2, 0) is 11.3 Å². The molecule has 3 aromatic rings. The molecule has 1 aliphatic heterocycles. The number of methoxy groups -OCH3 is 1. The molecule has 0 aliphatic carbocycles. The molecule has 0 radical (unpaired) electrons. The molecule has 28 heavy (non-hydrogen) atoms. The summed E-state index contributed by atoms with van der Waals surface area (Å²) in [5.74, 6) is 0.643. The van der Waals surface area contributed by atoms with E-state index in [1.165, 1.54) is 25.6 Å². The molecular weight excluding hydrogens is 358 g/mol. The Morgan fingerprint density at radius 2 is 1.86 bits per heavy atom. The Balaban J connectivity index is 1.61. The van der Waals surface area contributed by atoms with E-state index in [9.17, 15) is 9.59 Å². The zero-order valence-corrected chi connectivity index (χ0v) is 15.6. The van der Waals surface area contributed by atoms with Crippen molar-refractivity contribution in [3.05, 3.63) is 65.7 Å². The molecule has 4 rings (SSSR count). The second-order valence-electron chi connectivity index (χ2n) is 6.51. The summed E-state index contributed by atoms with van der Waals surface area (Å²) in [6.07, 6.45) is 2.83. The Morgan fingerprint density at radius 1 is 1.11 bits per heavy atom. The van der Waals surface area contributed by atoms with Crippen LogP contribution in [-0.4, -0.2) is 50.2 Å². The van der Waals surface area contributed by atoms with E-state index in [2.05, 4.69) is 15.1 Å². The number of amides is 1. The third-order valence-electron chi connectivity index (χ3n) is 4.79. The molecule has 8 heteroatoms. The fourth-order valence-electron chi connectivity index (χ4n) is 3.30. The first-order valence-corrected chi connectivity index (χ1v) is 8.93. The molecule has 1 aromatic carbocycles. The van der Waals surface area contributed by atoms with Gasteiger partial charge in [-0.15, -0.1) is 0 Å². The highest BCUT2D eigenvalue weighted by molar-refractivity contribution is 5.97. The molecule has 1 amide bonds. The maximum atomic E-state index is 13.0. The summed E-state index contributed by atoms with van der Waals surface area (Å²) < 4.78 is 6.55. The molecular formula is C20H19N5O3. The summed E-state index contributed by atoms with van der Waals surface area (Å²) in [7, 11) is 1.29. The van der Waals surface area contributed by atoms with E-state index in [-0.39, 0.29) is 17.5 Å². The van der Waals surface area contributed by atoms with Crippen LogP contribution in [0.4, 0.5) is 0 Å². The number of carbonyl (C=O) groups is 2. The number of fused-ring (bicyclic) bond motifs is 1. The fraction of sp³-hybridized carbons (Fsp3) is 0.250. The van der Waals surface area contributed by atoms with Crippen LogP contribution < -0.4 is 0 Å². The SMILES string of the molecule is COC(=O)c1cncc(C(=O)N2CCn3nc(-c4ccccc4)nc3[C@@H]2C)c1. The lowest BCUT2D eigenvalue weighted by Gasteiger charge is -2.32. The van der Waals surface area contributed by atoms with E-state index in [1.54, 1.807) is 4.90 Å². The van der Waals surface area contributed by atoms with Crippen LogP contribution in [0.1, 0.15) is 39.5 Å². The topological polar surface area (TPSA) is 90.2 Å². The number of aromatic nitrogens is 4. The highest BCUT2D eigenvalue weighted by Crippen LogP contribution is 2.27. The van der Waals surface area contributed by atoms with Crippen molar-refractivity contribution < 1.29 is 14.3 Å². The van der Waals surface area contributed by atoms with Crippen molar-refractivity contribution in [2.24, 2.45) is 0 Å². The van der Waals surface area contributed by atoms with Crippen LogP contribution in [0.15, 0.2) is 48.8 Å². The molecule has 0 spiro atoms. The van der Waals surface area contributed by atoms with Gasteiger partial charge >= 0.3 is 5.97 Å². The summed E-state index contributed by atoms with van der Waals surface area (Å²) in [5, 5.41) is 4.58. The molecule has 1 atom stereocenters. The van der Waals surface area contributed by atoms with E-state index < -0.39 is 5.97 Å². The third-order valence-corrected chi connectivity index (χ3v) is 4.79. The molecule has 0 saturated carbocycles. The van der Waals surface area contributed by atoms with E-state index in [4.69, 9.17) is 4.74 Å². The van der Waals surface area contributed by atoms with Crippen LogP contribution >= 0.6 is 0 Å². The number of pyridine rings is 1. The number of hydrogen-bond donors (Lipinski definition) is 0. The van der Waals surface area contributed by atoms with E-state index in [1.807, 2.05) is 41.9 Å². The zero-order valence-electron chi connectivity index (χ0n) is 15.6. The van der Waals surface area contributed by atoms with Crippen molar-refractivity contribution in [3.8, 4) is 11.4 Å². The predicted octanol–water partition coefficient (Wildman–Crippen LogP) is 2.34. The average Bonchev–Trinajstić information content (AvgIpc) is 3.19. The van der Waals surface area contributed by atoms with Gasteiger partial charge in [-0.2, -0.15) is 5.10 Å². The van der Waals surface area contributed by atoms with Crippen molar-refractivity contribution in [1.29, 1.82) is 0 Å². The largest absolute Gasteiger partial charge is 0.465 e. The zero-order chi connectivity index (χ0) is 19.7. The minimum absolute atomic E-state index is 0.207. The summed E-state index contributed by atoms with van der Waals surface area (Å²) >= 11 is 0. The summed E-state index contributed by atoms with van der Waals surface area (Å²) in [5.41, 5.74) is 1.52. The number of hydrogen-bond acceptors (Lipinski definition) is 6. The Kier molecular flexibility index (Phi) is 4.60. The van der Waals surface area contributed by atoms with Crippen molar-refractivity contribution in [3.63, 3.8) is 0 Å². The van der Waals surface area contributed by atoms with Gasteiger partial charge in [-0.1, -0.05) is 30.3 Å². The van der Waals surface area contributed by atoms with Crippen LogP contribution in [0.2, 0.25) is 0 Å². The molecule has 0 N–H and O–H groups in total. The first-order chi connectivity index (χ1) is 13.6. The van der Waals surface area contributed by atoms with E-state index in [0.717, 1.165) is 11.4 Å². The van der Waals surface area contributed by atoms with Crippen molar-refractivity contribution in [2.75, 3.05) is 13.7 Å². The van der Waals surface area contributed by atoms with Gasteiger partial charge in [-0.3, -0.25) is 9.78 Å². The summed E-state index contributed by atoms with van der Waals surface area (Å²) in [6, 6.07) is 11.0. The highest BCUT2D eigenvalue weighted by Gasteiger charge is 2.31. The van der Waals surface area contributed by atoms with Gasteiger partial charge in [0.2, 0.25) is 0 Å². The number of rotatable bonds is 3. The van der Waals surface area contributed by atoms with Gasteiger partial charge < -0.3 is 9.64 Å². The van der Waals surface area contributed by atoms with Gasteiger partial charge in [-0.25, -0.2) is 14.5 Å². The lowest BCUT2D eigenvalue weighted by Crippen LogP contribution is -2.41. The van der Waals surface area contributed by atoms with Crippen LogP contribution in [0.5, 0.6) is 0 Å². The van der Waals surface area contributed by atoms with Crippen molar-refractivity contribution >= 4 is 11.9 Å². The molecule has 3 heterocycles. The van der Waals surface area contributed by atoms with Crippen LogP contribution in [0, 0.1) is 0 Å². The van der Waals surface area contributed by atoms with Gasteiger partial charge in [0.05, 0.1) is 30.8 Å². The van der Waals surface area contributed by atoms with Crippen molar-refractivity contribution in [1.82, 2.24) is 24.6 Å². The Hall–Kier alpha value is -3.55. The predicted molar refractivity (Wildman–Crippen MR) is 100 cm³/mol. The quantitative estimate of drug-likeness (QED) is 0.651. The number of ether oxygens (including phenoxy) is 1. The number of carbonyl (C=O) groups excluding carboxylic acids is 2. The van der Waals surface area contributed by atoms with E-state index in [0.29, 0.717) is 24.5 Å². The second-order valence-corrected chi connectivity index (χ2v) is 6.51. The minimum Gasteiger partial charge on any atom is -0.465 e. The molecule has 0 saturated heterocycles. The normalized spacial score (nSPS) is 15.8. The highest BCUT2D eigenvalue weighted by atomic mass is 16.5. The van der Waals surface area contributed by atoms with Gasteiger partial charge in [-0.05, 0) is 13.0 Å². The maximum Gasteiger partial charge on any atom is 0.339 e. The van der Waals surface area contributed by atoms with Gasteiger partial charge in [0.25, 0.3) is 5.91 Å². The smallest absolute Gasteiger partial charge is 0.339 e. The molecule has 0 fully saturated rings. The molecule has 142 valence electrons. The Morgan fingerprint density at radius 3 is 2.61 bits per heavy atom. The summed E-state index contributed by atoms with van der Waals surface area (Å²) in [4.78, 5) is 35.1. The standard InChI is InChI=1S/C20H19N5O3/c1-13-18-22-17(14-6-4-3-5-7-14)23-25(18)9-8-24(13)19(26)15-10-16(12-21-11-15)20(27)28-2/h3-7,10-13H,8-9H2,1-2H3/t13-/m0/s1. The van der Waals surface area contributed by atoms with Gasteiger partial charge in [0, 0.05) is 24.5 Å². The van der Waals surface area contributed by atoms with Crippen molar-refractivity contribution in [2.45, 2.75) is 19.5 Å². The molecule has 0 unspecified atom stereocenters. The van der Waals surface area contributed by atoms with Gasteiger partial charge in [0.15, 0.2) is 5.82 Å². The number of esters is 1. The number of nitrogens with zero attached hydrogens (tertiary/aromatic N) is 5. The maximum absolute atomic E-state index is 13.0. The lowest BCUT2D eigenvalue weighted by atomic mass is 10.1. The first-order valence-electron chi connectivity index (χ1n) is 8.93. The molecule has 1 aliphatic rings.